The average Bonchev–Trinajstić information content (AvgIpc) is 1.83. The first-order valence-electron chi connectivity index (χ1n) is 2.45. The van der Waals surface area contributed by atoms with E-state index < -0.39 is 0 Å². The first kappa shape index (κ1) is 5.34. The third-order valence-corrected chi connectivity index (χ3v) is 1.49. The molecule has 4 heteroatoms. The number of amides is 1. The summed E-state index contributed by atoms with van der Waals surface area (Å²) in [6.45, 7) is 1.71. The molecule has 1 amide bonds. The van der Waals surface area contributed by atoms with Gasteiger partial charge in [0.15, 0.2) is 0 Å². The van der Waals surface area contributed by atoms with E-state index in [-0.39, 0.29) is 17.7 Å². The fourth-order valence-corrected chi connectivity index (χ4v) is 0.638. The largest absolute Gasteiger partial charge is 0.378 e. The maximum absolute atomic E-state index is 10.4. The SMILES string of the molecule is BN1C(=O)C(=O)C1C. The van der Waals surface area contributed by atoms with Crippen molar-refractivity contribution in [2.75, 3.05) is 0 Å². The van der Waals surface area contributed by atoms with Crippen molar-refractivity contribution in [1.82, 2.24) is 4.81 Å². The fourth-order valence-electron chi connectivity index (χ4n) is 0.638. The lowest BCUT2D eigenvalue weighted by atomic mass is 9.97. The highest BCUT2D eigenvalue weighted by Crippen LogP contribution is 2.09. The van der Waals surface area contributed by atoms with Crippen LogP contribution in [-0.2, 0) is 9.59 Å². The fraction of sp³-hybridized carbons (Fsp3) is 0.500. The topological polar surface area (TPSA) is 37.4 Å². The van der Waals surface area contributed by atoms with E-state index in [1.54, 1.807) is 14.9 Å². The zero-order valence-corrected chi connectivity index (χ0v) is 4.84. The molecule has 1 unspecified atom stereocenters. The summed E-state index contributed by atoms with van der Waals surface area (Å²) in [6, 6.07) is -0.178. The number of carbonyl (C=O) groups excluding carboxylic acids is 2. The van der Waals surface area contributed by atoms with Gasteiger partial charge in [0.2, 0.25) is 13.8 Å². The summed E-state index contributed by atoms with van der Waals surface area (Å²) in [5, 5.41) is 0. The zero-order chi connectivity index (χ0) is 6.31. The number of Topliss-reactive ketones (excluding diaryl/α,β-unsaturated/α-hetero) is 1. The van der Waals surface area contributed by atoms with Gasteiger partial charge >= 0.3 is 0 Å². The minimum atomic E-state index is -0.363. The molecule has 0 saturated carbocycles. The van der Waals surface area contributed by atoms with Gasteiger partial charge in [0.05, 0.1) is 6.04 Å². The Morgan fingerprint density at radius 3 is 2.25 bits per heavy atom. The molecule has 8 heavy (non-hydrogen) atoms. The number of rotatable bonds is 0. The van der Waals surface area contributed by atoms with Crippen molar-refractivity contribution in [1.29, 1.82) is 0 Å². The zero-order valence-electron chi connectivity index (χ0n) is 4.84. The highest BCUT2D eigenvalue weighted by molar-refractivity contribution is 6.50. The molecule has 1 heterocycles. The number of nitrogens with zero attached hydrogens (tertiary/aromatic N) is 1. The average molecular weight is 111 g/mol. The molecule has 0 spiro atoms. The third kappa shape index (κ3) is 0.398. The van der Waals surface area contributed by atoms with Crippen LogP contribution < -0.4 is 0 Å². The van der Waals surface area contributed by atoms with E-state index in [2.05, 4.69) is 0 Å². The van der Waals surface area contributed by atoms with E-state index in [9.17, 15) is 9.59 Å². The smallest absolute Gasteiger partial charge is 0.280 e. The van der Waals surface area contributed by atoms with Gasteiger partial charge in [-0.2, -0.15) is 0 Å². The summed E-state index contributed by atoms with van der Waals surface area (Å²) in [4.78, 5) is 22.1. The highest BCUT2D eigenvalue weighted by Gasteiger charge is 2.38. The Hall–Kier alpha value is -0.795. The Kier molecular flexibility index (Phi) is 0.894. The van der Waals surface area contributed by atoms with Crippen LogP contribution in [0.15, 0.2) is 0 Å². The Morgan fingerprint density at radius 1 is 1.62 bits per heavy atom. The predicted octanol–water partition coefficient (Wildman–Crippen LogP) is -1.67. The highest BCUT2D eigenvalue weighted by atomic mass is 16.2. The second kappa shape index (κ2) is 1.34. The van der Waals surface area contributed by atoms with Crippen molar-refractivity contribution < 1.29 is 9.59 Å². The molecule has 1 rings (SSSR count). The van der Waals surface area contributed by atoms with E-state index in [4.69, 9.17) is 0 Å². The van der Waals surface area contributed by atoms with Crippen LogP contribution >= 0.6 is 0 Å². The summed E-state index contributed by atoms with van der Waals surface area (Å²) in [7, 11) is 1.62. The Labute approximate surface area is 48.1 Å². The molecule has 1 saturated heterocycles. The molecule has 0 aromatic carbocycles. The third-order valence-electron chi connectivity index (χ3n) is 1.49. The lowest BCUT2D eigenvalue weighted by Crippen LogP contribution is -2.58. The number of ketones is 1. The van der Waals surface area contributed by atoms with Crippen LogP contribution in [0.5, 0.6) is 0 Å². The van der Waals surface area contributed by atoms with Gasteiger partial charge in [-0.3, -0.25) is 9.59 Å². The summed E-state index contributed by atoms with van der Waals surface area (Å²) in [5.74, 6) is -0.634. The Balaban J connectivity index is 2.68. The molecule has 1 aliphatic rings. The van der Waals surface area contributed by atoms with Crippen molar-refractivity contribution in [3.63, 3.8) is 0 Å². The standard InChI is InChI=1S/C4H6BNO2/c1-2-3(7)4(8)6(2)5/h2H,5H2,1H3. The van der Waals surface area contributed by atoms with Crippen molar-refractivity contribution in [3.05, 3.63) is 0 Å². The summed E-state index contributed by atoms with van der Waals surface area (Å²) in [5.41, 5.74) is 0. The van der Waals surface area contributed by atoms with Gasteiger partial charge in [0.1, 0.15) is 0 Å². The van der Waals surface area contributed by atoms with Crippen LogP contribution in [0.4, 0.5) is 0 Å². The van der Waals surface area contributed by atoms with Gasteiger partial charge in [-0.1, -0.05) is 0 Å². The van der Waals surface area contributed by atoms with Crippen molar-refractivity contribution in [2.45, 2.75) is 13.0 Å². The van der Waals surface area contributed by atoms with E-state index in [0.29, 0.717) is 0 Å². The van der Waals surface area contributed by atoms with E-state index in [1.807, 2.05) is 0 Å². The van der Waals surface area contributed by atoms with Crippen LogP contribution in [0, 0.1) is 0 Å². The first-order chi connectivity index (χ1) is 3.64. The number of hydrogen-bond acceptors (Lipinski definition) is 2. The lowest BCUT2D eigenvalue weighted by Gasteiger charge is -2.32. The first-order valence-corrected chi connectivity index (χ1v) is 2.45. The molecule has 0 aromatic rings. The molecule has 1 atom stereocenters. The molecule has 3 nitrogen and oxygen atoms in total. The molecule has 42 valence electrons. The van der Waals surface area contributed by atoms with Crippen LogP contribution in [0.3, 0.4) is 0 Å². The van der Waals surface area contributed by atoms with Crippen molar-refractivity contribution >= 4 is 19.7 Å². The molecule has 1 fully saturated rings. The predicted molar refractivity (Wildman–Crippen MR) is 29.9 cm³/mol. The van der Waals surface area contributed by atoms with Crippen LogP contribution in [0.2, 0.25) is 0 Å². The lowest BCUT2D eigenvalue weighted by molar-refractivity contribution is -0.153. The van der Waals surface area contributed by atoms with Crippen LogP contribution in [0.25, 0.3) is 0 Å². The number of carbonyl (C=O) groups is 2. The second-order valence-electron chi connectivity index (χ2n) is 1.96. The van der Waals surface area contributed by atoms with Gasteiger partial charge in [-0.25, -0.2) is 0 Å². The van der Waals surface area contributed by atoms with Gasteiger partial charge in [0.25, 0.3) is 5.91 Å². The van der Waals surface area contributed by atoms with Crippen molar-refractivity contribution in [3.8, 4) is 0 Å². The maximum atomic E-state index is 10.4. The molecule has 1 aliphatic heterocycles. The maximum Gasteiger partial charge on any atom is 0.280 e. The van der Waals surface area contributed by atoms with Crippen LogP contribution in [0.1, 0.15) is 6.92 Å². The summed E-state index contributed by atoms with van der Waals surface area (Å²) in [6.07, 6.45) is 0. The molecule has 0 aromatic heterocycles. The minimum Gasteiger partial charge on any atom is -0.378 e. The number of hydrogen-bond donors (Lipinski definition) is 0. The van der Waals surface area contributed by atoms with E-state index in [1.165, 1.54) is 4.81 Å². The van der Waals surface area contributed by atoms with Gasteiger partial charge in [-0.05, 0) is 6.92 Å². The molecule has 0 bridgehead atoms. The minimum absolute atomic E-state index is 0.178. The Morgan fingerprint density at radius 2 is 2.12 bits per heavy atom. The van der Waals surface area contributed by atoms with E-state index >= 15 is 0 Å². The molecular formula is C4H6BNO2. The summed E-state index contributed by atoms with van der Waals surface area (Å²) >= 11 is 0. The molecule has 0 N–H and O–H groups in total. The molecule has 0 aliphatic carbocycles. The van der Waals surface area contributed by atoms with Gasteiger partial charge in [-0.15, -0.1) is 0 Å². The van der Waals surface area contributed by atoms with Gasteiger partial charge < -0.3 is 4.81 Å². The normalized spacial score (nSPS) is 28.1. The van der Waals surface area contributed by atoms with Crippen LogP contribution in [-0.4, -0.2) is 30.5 Å². The quantitative estimate of drug-likeness (QED) is 0.213. The number of β-lactam (4-membered cyclic amide) rings is 1. The van der Waals surface area contributed by atoms with Gasteiger partial charge in [0, 0.05) is 0 Å². The van der Waals surface area contributed by atoms with E-state index in [0.717, 1.165) is 0 Å². The summed E-state index contributed by atoms with van der Waals surface area (Å²) < 4.78 is 0. The molecule has 0 radical (unpaired) electrons. The molecular weight excluding hydrogens is 105 g/mol. The second-order valence-corrected chi connectivity index (χ2v) is 1.96. The monoisotopic (exact) mass is 111 g/mol. The Bertz CT molecular complexity index is 138. The van der Waals surface area contributed by atoms with Crippen molar-refractivity contribution in [2.24, 2.45) is 0 Å².